The molecule has 26 heavy (non-hydrogen) atoms. The number of hydrogen-bond acceptors (Lipinski definition) is 4. The maximum atomic E-state index is 12.6. The van der Waals surface area contributed by atoms with Crippen LogP contribution in [0.5, 0.6) is 5.75 Å². The first-order valence-corrected chi connectivity index (χ1v) is 9.92. The number of carbonyl (C=O) groups is 1. The summed E-state index contributed by atoms with van der Waals surface area (Å²) in [7, 11) is 1.68. The van der Waals surface area contributed by atoms with E-state index in [0.717, 1.165) is 37.6 Å². The molecule has 0 atom stereocenters. The van der Waals surface area contributed by atoms with Crippen molar-refractivity contribution in [3.63, 3.8) is 0 Å². The van der Waals surface area contributed by atoms with E-state index < -0.39 is 0 Å². The monoisotopic (exact) mass is 370 g/mol. The highest BCUT2D eigenvalue weighted by Gasteiger charge is 2.21. The molecule has 0 saturated carbocycles. The van der Waals surface area contributed by atoms with E-state index in [0.29, 0.717) is 5.75 Å². The lowest BCUT2D eigenvalue weighted by atomic mass is 10.2. The molecule has 4 nitrogen and oxygen atoms in total. The number of anilines is 1. The molecule has 5 heteroatoms. The summed E-state index contributed by atoms with van der Waals surface area (Å²) in [4.78, 5) is 18.1. The predicted octanol–water partition coefficient (Wildman–Crippen LogP) is 3.75. The van der Waals surface area contributed by atoms with Gasteiger partial charge in [-0.2, -0.15) is 0 Å². The maximum absolute atomic E-state index is 12.6. The number of nitrogens with zero attached hydrogens (tertiary/aromatic N) is 2. The number of hydrogen-bond donors (Lipinski definition) is 0. The van der Waals surface area contributed by atoms with Gasteiger partial charge in [0.2, 0.25) is 5.91 Å². The number of amides is 1. The van der Waals surface area contributed by atoms with Crippen molar-refractivity contribution in [3.8, 4) is 5.75 Å². The van der Waals surface area contributed by atoms with Gasteiger partial charge >= 0.3 is 0 Å². The number of carbonyl (C=O) groups excluding carboxylic acids is 1. The second-order valence-corrected chi connectivity index (χ2v) is 7.64. The van der Waals surface area contributed by atoms with Crippen LogP contribution in [0.2, 0.25) is 0 Å². The fraction of sp³-hybridized carbons (Fsp3) is 0.381. The van der Waals surface area contributed by atoms with E-state index in [2.05, 4.69) is 43.0 Å². The Morgan fingerprint density at radius 2 is 1.85 bits per heavy atom. The number of piperazine rings is 1. The topological polar surface area (TPSA) is 32.8 Å². The average Bonchev–Trinajstić information content (AvgIpc) is 2.68. The number of benzene rings is 2. The molecule has 3 rings (SSSR count). The van der Waals surface area contributed by atoms with Crippen LogP contribution in [-0.4, -0.2) is 49.8 Å². The Labute approximate surface area is 160 Å². The van der Waals surface area contributed by atoms with Crippen LogP contribution < -0.4 is 9.64 Å². The highest BCUT2D eigenvalue weighted by molar-refractivity contribution is 8.00. The Morgan fingerprint density at radius 3 is 2.58 bits per heavy atom. The van der Waals surface area contributed by atoms with Crippen molar-refractivity contribution in [3.05, 3.63) is 53.6 Å². The molecule has 1 amide bonds. The van der Waals surface area contributed by atoms with E-state index in [9.17, 15) is 4.79 Å². The molecule has 1 aliphatic rings. The minimum Gasteiger partial charge on any atom is -0.497 e. The smallest absolute Gasteiger partial charge is 0.233 e. The highest BCUT2D eigenvalue weighted by Crippen LogP contribution is 2.25. The Morgan fingerprint density at radius 1 is 1.08 bits per heavy atom. The van der Waals surface area contributed by atoms with E-state index in [1.54, 1.807) is 18.9 Å². The Balaban J connectivity index is 1.52. The Bertz CT molecular complexity index is 770. The summed E-state index contributed by atoms with van der Waals surface area (Å²) in [5.41, 5.74) is 3.62. The number of thioether (sulfide) groups is 1. The summed E-state index contributed by atoms with van der Waals surface area (Å²) in [6.45, 7) is 7.43. The largest absolute Gasteiger partial charge is 0.497 e. The number of methoxy groups -OCH3 is 1. The van der Waals surface area contributed by atoms with Crippen molar-refractivity contribution >= 4 is 23.4 Å². The van der Waals surface area contributed by atoms with Gasteiger partial charge in [-0.25, -0.2) is 0 Å². The molecule has 1 saturated heterocycles. The molecule has 138 valence electrons. The van der Waals surface area contributed by atoms with E-state index in [4.69, 9.17) is 4.74 Å². The normalized spacial score (nSPS) is 14.4. The number of rotatable bonds is 5. The van der Waals surface area contributed by atoms with Crippen LogP contribution >= 0.6 is 11.8 Å². The first-order valence-electron chi connectivity index (χ1n) is 8.93. The molecule has 2 aromatic rings. The highest BCUT2D eigenvalue weighted by atomic mass is 32.2. The van der Waals surface area contributed by atoms with Crippen LogP contribution in [0.3, 0.4) is 0 Å². The third-order valence-electron chi connectivity index (χ3n) is 4.75. The van der Waals surface area contributed by atoms with Crippen LogP contribution in [0.25, 0.3) is 0 Å². The number of ether oxygens (including phenoxy) is 1. The maximum Gasteiger partial charge on any atom is 0.233 e. The molecule has 0 aromatic heterocycles. The lowest BCUT2D eigenvalue weighted by Crippen LogP contribution is -2.49. The van der Waals surface area contributed by atoms with Gasteiger partial charge in [-0.05, 0) is 37.6 Å². The summed E-state index contributed by atoms with van der Waals surface area (Å²) in [5, 5.41) is 0. The molecular weight excluding hydrogens is 344 g/mol. The standard InChI is InChI=1S/C21H26N2O2S/c1-16-7-8-17(2)20(13-16)26-15-21(24)23-11-9-22(10-12-23)18-5-4-6-19(14-18)25-3/h4-8,13-14H,9-12,15H2,1-3H3. The minimum absolute atomic E-state index is 0.223. The van der Waals surface area contributed by atoms with Crippen LogP contribution in [0.1, 0.15) is 11.1 Å². The first kappa shape index (κ1) is 18.6. The molecular formula is C21H26N2O2S. The molecule has 0 radical (unpaired) electrons. The predicted molar refractivity (Wildman–Crippen MR) is 108 cm³/mol. The summed E-state index contributed by atoms with van der Waals surface area (Å²) in [6, 6.07) is 14.5. The van der Waals surface area contributed by atoms with Crippen molar-refractivity contribution < 1.29 is 9.53 Å². The van der Waals surface area contributed by atoms with Crippen molar-refractivity contribution in [2.75, 3.05) is 43.9 Å². The minimum atomic E-state index is 0.223. The molecule has 1 aliphatic heterocycles. The fourth-order valence-electron chi connectivity index (χ4n) is 3.11. The Kier molecular flexibility index (Phi) is 6.09. The summed E-state index contributed by atoms with van der Waals surface area (Å²) >= 11 is 1.64. The van der Waals surface area contributed by atoms with Crippen LogP contribution in [0.15, 0.2) is 47.4 Å². The zero-order chi connectivity index (χ0) is 18.5. The third kappa shape index (κ3) is 4.52. The molecule has 0 unspecified atom stereocenters. The molecule has 0 N–H and O–H groups in total. The quantitative estimate of drug-likeness (QED) is 0.751. The zero-order valence-electron chi connectivity index (χ0n) is 15.7. The van der Waals surface area contributed by atoms with Gasteiger partial charge in [0.1, 0.15) is 5.75 Å². The molecule has 0 bridgehead atoms. The Hall–Kier alpha value is -2.14. The van der Waals surface area contributed by atoms with Gasteiger partial charge in [-0.15, -0.1) is 11.8 Å². The van der Waals surface area contributed by atoms with Crippen molar-refractivity contribution in [2.24, 2.45) is 0 Å². The molecule has 2 aromatic carbocycles. The second-order valence-electron chi connectivity index (χ2n) is 6.63. The van der Waals surface area contributed by atoms with Gasteiger partial charge < -0.3 is 14.5 Å². The summed E-state index contributed by atoms with van der Waals surface area (Å²) < 4.78 is 5.30. The second kappa shape index (κ2) is 8.49. The molecule has 0 spiro atoms. The van der Waals surface area contributed by atoms with Crippen molar-refractivity contribution in [1.29, 1.82) is 0 Å². The van der Waals surface area contributed by atoms with E-state index in [1.807, 2.05) is 23.1 Å². The first-order chi connectivity index (χ1) is 12.6. The van der Waals surface area contributed by atoms with Crippen LogP contribution in [0, 0.1) is 13.8 Å². The van der Waals surface area contributed by atoms with E-state index in [-0.39, 0.29) is 5.91 Å². The van der Waals surface area contributed by atoms with Crippen LogP contribution in [0.4, 0.5) is 5.69 Å². The lowest BCUT2D eigenvalue weighted by molar-refractivity contribution is -0.128. The van der Waals surface area contributed by atoms with Gasteiger partial charge in [0.15, 0.2) is 0 Å². The molecule has 0 aliphatic carbocycles. The van der Waals surface area contributed by atoms with Gasteiger partial charge in [0, 0.05) is 42.8 Å². The molecule has 1 fully saturated rings. The lowest BCUT2D eigenvalue weighted by Gasteiger charge is -2.36. The zero-order valence-corrected chi connectivity index (χ0v) is 16.5. The van der Waals surface area contributed by atoms with Gasteiger partial charge in [-0.3, -0.25) is 4.79 Å². The van der Waals surface area contributed by atoms with E-state index in [1.165, 1.54) is 16.0 Å². The SMILES string of the molecule is COc1cccc(N2CCN(C(=O)CSc3cc(C)ccc3C)CC2)c1. The third-order valence-corrected chi connectivity index (χ3v) is 5.89. The van der Waals surface area contributed by atoms with Gasteiger partial charge in [-0.1, -0.05) is 23.8 Å². The average molecular weight is 371 g/mol. The van der Waals surface area contributed by atoms with Crippen LogP contribution in [-0.2, 0) is 4.79 Å². The molecule has 1 heterocycles. The van der Waals surface area contributed by atoms with Crippen molar-refractivity contribution in [2.45, 2.75) is 18.7 Å². The van der Waals surface area contributed by atoms with Crippen molar-refractivity contribution in [1.82, 2.24) is 4.90 Å². The summed E-state index contributed by atoms with van der Waals surface area (Å²) in [6.07, 6.45) is 0. The van der Waals surface area contributed by atoms with Gasteiger partial charge in [0.05, 0.1) is 12.9 Å². The number of aryl methyl sites for hydroxylation is 2. The summed E-state index contributed by atoms with van der Waals surface area (Å²) in [5.74, 6) is 1.59. The fourth-order valence-corrected chi connectivity index (χ4v) is 4.14. The van der Waals surface area contributed by atoms with E-state index >= 15 is 0 Å². The van der Waals surface area contributed by atoms with Gasteiger partial charge in [0.25, 0.3) is 0 Å².